The van der Waals surface area contributed by atoms with Crippen molar-refractivity contribution in [1.29, 1.82) is 0 Å². The van der Waals surface area contributed by atoms with Gasteiger partial charge < -0.3 is 5.32 Å². The van der Waals surface area contributed by atoms with Crippen molar-refractivity contribution in [1.82, 2.24) is 5.32 Å². The Balaban J connectivity index is 2.62. The molecule has 18 heavy (non-hydrogen) atoms. The van der Waals surface area contributed by atoms with E-state index in [0.717, 1.165) is 35.9 Å². The molecular formula is C14H21Cl2NS. The number of thioether (sulfide) groups is 1. The summed E-state index contributed by atoms with van der Waals surface area (Å²) in [6.45, 7) is 5.43. The summed E-state index contributed by atoms with van der Waals surface area (Å²) >= 11 is 14.1. The molecule has 0 heterocycles. The van der Waals surface area contributed by atoms with Crippen LogP contribution in [0, 0.1) is 0 Å². The predicted octanol–water partition coefficient (Wildman–Crippen LogP) is 4.66. The average Bonchev–Trinajstić information content (AvgIpc) is 2.35. The summed E-state index contributed by atoms with van der Waals surface area (Å²) in [6.07, 6.45) is 2.12. The highest BCUT2D eigenvalue weighted by molar-refractivity contribution is 7.99. The van der Waals surface area contributed by atoms with Gasteiger partial charge in [-0.1, -0.05) is 43.1 Å². The second-order valence-corrected chi connectivity index (χ2v) is 6.41. The van der Waals surface area contributed by atoms with Gasteiger partial charge in [-0.15, -0.1) is 0 Å². The van der Waals surface area contributed by atoms with E-state index >= 15 is 0 Å². The Bertz CT molecular complexity index is 350. The number of nitrogens with one attached hydrogen (secondary N) is 1. The Labute approximate surface area is 125 Å². The minimum atomic E-state index is 0.480. The van der Waals surface area contributed by atoms with Crippen LogP contribution in [0.4, 0.5) is 0 Å². The first-order valence-electron chi connectivity index (χ1n) is 6.42. The first kappa shape index (κ1) is 16.2. The lowest BCUT2D eigenvalue weighted by Crippen LogP contribution is -2.34. The molecule has 0 aromatic heterocycles. The molecule has 1 nitrogen and oxygen atoms in total. The van der Waals surface area contributed by atoms with Crippen LogP contribution in [0.3, 0.4) is 0 Å². The van der Waals surface area contributed by atoms with Crippen LogP contribution in [-0.2, 0) is 6.42 Å². The zero-order valence-corrected chi connectivity index (χ0v) is 13.3. The fourth-order valence-electron chi connectivity index (χ4n) is 1.75. The first-order chi connectivity index (χ1) is 8.67. The van der Waals surface area contributed by atoms with Crippen LogP contribution in [0.2, 0.25) is 10.0 Å². The number of halogens is 2. The van der Waals surface area contributed by atoms with E-state index in [4.69, 9.17) is 23.2 Å². The van der Waals surface area contributed by atoms with Gasteiger partial charge in [0, 0.05) is 21.8 Å². The van der Waals surface area contributed by atoms with Gasteiger partial charge in [0.1, 0.15) is 0 Å². The standard InChI is InChI=1S/C14H21Cl2NS/c1-3-7-17-13(10-18-4-2)8-11-5-6-12(15)9-14(11)16/h5-6,9,13,17H,3-4,7-8,10H2,1-2H3. The summed E-state index contributed by atoms with van der Waals surface area (Å²) in [6, 6.07) is 6.24. The van der Waals surface area contributed by atoms with Gasteiger partial charge >= 0.3 is 0 Å². The maximum Gasteiger partial charge on any atom is 0.0453 e. The van der Waals surface area contributed by atoms with Gasteiger partial charge in [0.2, 0.25) is 0 Å². The number of benzene rings is 1. The van der Waals surface area contributed by atoms with E-state index in [9.17, 15) is 0 Å². The largest absolute Gasteiger partial charge is 0.313 e. The molecule has 1 N–H and O–H groups in total. The molecule has 1 atom stereocenters. The summed E-state index contributed by atoms with van der Waals surface area (Å²) in [7, 11) is 0. The predicted molar refractivity (Wildman–Crippen MR) is 85.2 cm³/mol. The van der Waals surface area contributed by atoms with Gasteiger partial charge in [0.15, 0.2) is 0 Å². The van der Waals surface area contributed by atoms with Crippen LogP contribution in [0.1, 0.15) is 25.8 Å². The Kier molecular flexibility index (Phi) is 8.16. The molecule has 4 heteroatoms. The molecule has 0 bridgehead atoms. The van der Waals surface area contributed by atoms with Crippen molar-refractivity contribution in [3.63, 3.8) is 0 Å². The molecule has 0 aliphatic heterocycles. The lowest BCUT2D eigenvalue weighted by Gasteiger charge is -2.18. The van der Waals surface area contributed by atoms with Gasteiger partial charge in [-0.25, -0.2) is 0 Å². The van der Waals surface area contributed by atoms with Gasteiger partial charge in [0.25, 0.3) is 0 Å². The molecule has 0 saturated carbocycles. The molecule has 0 saturated heterocycles. The second kappa shape index (κ2) is 9.08. The molecule has 0 aliphatic rings. The average molecular weight is 306 g/mol. The van der Waals surface area contributed by atoms with Crippen LogP contribution < -0.4 is 5.32 Å². The molecule has 1 unspecified atom stereocenters. The van der Waals surface area contributed by atoms with Crippen LogP contribution in [0.5, 0.6) is 0 Å². The van der Waals surface area contributed by atoms with Crippen molar-refractivity contribution in [3.8, 4) is 0 Å². The molecular weight excluding hydrogens is 285 g/mol. The Morgan fingerprint density at radius 2 is 2.06 bits per heavy atom. The maximum absolute atomic E-state index is 6.22. The lowest BCUT2D eigenvalue weighted by atomic mass is 10.1. The van der Waals surface area contributed by atoms with E-state index in [-0.39, 0.29) is 0 Å². The van der Waals surface area contributed by atoms with Gasteiger partial charge in [-0.2, -0.15) is 11.8 Å². The smallest absolute Gasteiger partial charge is 0.0453 e. The van der Waals surface area contributed by atoms with E-state index in [0.29, 0.717) is 11.1 Å². The van der Waals surface area contributed by atoms with Crippen LogP contribution in [-0.4, -0.2) is 24.1 Å². The Morgan fingerprint density at radius 1 is 1.28 bits per heavy atom. The minimum absolute atomic E-state index is 0.480. The summed E-state index contributed by atoms with van der Waals surface area (Å²) < 4.78 is 0. The van der Waals surface area contributed by atoms with Crippen molar-refractivity contribution >= 4 is 35.0 Å². The zero-order valence-electron chi connectivity index (χ0n) is 11.0. The van der Waals surface area contributed by atoms with E-state index in [1.54, 1.807) is 0 Å². The monoisotopic (exact) mass is 305 g/mol. The number of hydrogen-bond donors (Lipinski definition) is 1. The topological polar surface area (TPSA) is 12.0 Å². The lowest BCUT2D eigenvalue weighted by molar-refractivity contribution is 0.550. The molecule has 0 aliphatic carbocycles. The fourth-order valence-corrected chi connectivity index (χ4v) is 2.99. The van der Waals surface area contributed by atoms with Gasteiger partial charge in [-0.3, -0.25) is 0 Å². The maximum atomic E-state index is 6.22. The highest BCUT2D eigenvalue weighted by atomic mass is 35.5. The van der Waals surface area contributed by atoms with E-state index in [1.165, 1.54) is 5.56 Å². The third-order valence-electron chi connectivity index (χ3n) is 2.69. The van der Waals surface area contributed by atoms with Gasteiger partial charge in [0.05, 0.1) is 0 Å². The van der Waals surface area contributed by atoms with E-state index in [1.807, 2.05) is 30.0 Å². The molecule has 1 aromatic rings. The van der Waals surface area contributed by atoms with E-state index in [2.05, 4.69) is 19.2 Å². The quantitative estimate of drug-likeness (QED) is 0.750. The second-order valence-electron chi connectivity index (χ2n) is 4.25. The van der Waals surface area contributed by atoms with Crippen molar-refractivity contribution < 1.29 is 0 Å². The molecule has 0 radical (unpaired) electrons. The third kappa shape index (κ3) is 5.83. The molecule has 102 valence electrons. The van der Waals surface area contributed by atoms with E-state index < -0.39 is 0 Å². The molecule has 0 amide bonds. The van der Waals surface area contributed by atoms with Gasteiger partial charge in [-0.05, 0) is 42.8 Å². The Hall–Kier alpha value is 0.110. The van der Waals surface area contributed by atoms with Crippen molar-refractivity contribution in [2.75, 3.05) is 18.1 Å². The van der Waals surface area contributed by atoms with Crippen LogP contribution in [0.15, 0.2) is 18.2 Å². The summed E-state index contributed by atoms with van der Waals surface area (Å²) in [5.41, 5.74) is 1.17. The fraction of sp³-hybridized carbons (Fsp3) is 0.571. The number of rotatable bonds is 8. The molecule has 1 aromatic carbocycles. The molecule has 0 fully saturated rings. The zero-order chi connectivity index (χ0) is 13.4. The van der Waals surface area contributed by atoms with Crippen molar-refractivity contribution in [3.05, 3.63) is 33.8 Å². The summed E-state index contributed by atoms with van der Waals surface area (Å²) in [5.74, 6) is 2.27. The SMILES string of the molecule is CCCNC(CSCC)Cc1ccc(Cl)cc1Cl. The third-order valence-corrected chi connectivity index (χ3v) is 4.32. The van der Waals surface area contributed by atoms with Crippen LogP contribution in [0.25, 0.3) is 0 Å². The first-order valence-corrected chi connectivity index (χ1v) is 8.33. The van der Waals surface area contributed by atoms with Crippen molar-refractivity contribution in [2.45, 2.75) is 32.7 Å². The minimum Gasteiger partial charge on any atom is -0.313 e. The summed E-state index contributed by atoms with van der Waals surface area (Å²) in [4.78, 5) is 0. The van der Waals surface area contributed by atoms with Crippen molar-refractivity contribution in [2.24, 2.45) is 0 Å². The normalized spacial score (nSPS) is 12.7. The summed E-state index contributed by atoms with van der Waals surface area (Å²) in [5, 5.41) is 5.05. The molecule has 1 rings (SSSR count). The van der Waals surface area contributed by atoms with Crippen LogP contribution >= 0.6 is 35.0 Å². The highest BCUT2D eigenvalue weighted by Crippen LogP contribution is 2.22. The Morgan fingerprint density at radius 3 is 2.67 bits per heavy atom. The molecule has 0 spiro atoms. The highest BCUT2D eigenvalue weighted by Gasteiger charge is 2.11. The number of hydrogen-bond acceptors (Lipinski definition) is 2.